The zero-order chi connectivity index (χ0) is 12.6. The molecule has 3 N–H and O–H groups in total. The molecule has 0 aliphatic heterocycles. The summed E-state index contributed by atoms with van der Waals surface area (Å²) in [6, 6.07) is 6.01. The van der Waals surface area contributed by atoms with E-state index in [9.17, 15) is 8.42 Å². The van der Waals surface area contributed by atoms with Gasteiger partial charge in [0.2, 0.25) is 10.0 Å². The Balaban J connectivity index is 0.000000487. The number of allylic oxidation sites excluding steroid dienone is 2. The van der Waals surface area contributed by atoms with E-state index < -0.39 is 10.0 Å². The summed E-state index contributed by atoms with van der Waals surface area (Å²) in [5.41, 5.74) is 5.94. The molecule has 0 aliphatic carbocycles. The summed E-state index contributed by atoms with van der Waals surface area (Å²) >= 11 is 0. The molecule has 0 aliphatic rings. The Morgan fingerprint density at radius 1 is 1.19 bits per heavy atom. The molecule has 1 aromatic carbocycles. The predicted molar refractivity (Wildman–Crippen MR) is 67.5 cm³/mol. The Labute approximate surface area is 96.5 Å². The van der Waals surface area contributed by atoms with Gasteiger partial charge in [0.25, 0.3) is 0 Å². The second-order valence-electron chi connectivity index (χ2n) is 2.75. The normalized spacial score (nSPS) is 9.81. The van der Waals surface area contributed by atoms with Crippen LogP contribution in [0.4, 0.5) is 5.69 Å². The van der Waals surface area contributed by atoms with Crippen LogP contribution in [0.3, 0.4) is 0 Å². The van der Waals surface area contributed by atoms with Gasteiger partial charge in [-0.1, -0.05) is 25.3 Å². The first-order valence-electron chi connectivity index (χ1n) is 4.50. The molecule has 0 amide bonds. The lowest BCUT2D eigenvalue weighted by Gasteiger charge is -2.01. The summed E-state index contributed by atoms with van der Waals surface area (Å²) in [5.74, 6) is 0. The lowest BCUT2D eigenvalue weighted by atomic mass is 10.3. The molecule has 1 aromatic rings. The van der Waals surface area contributed by atoms with Crippen LogP contribution in [0, 0.1) is 0 Å². The van der Waals surface area contributed by atoms with Gasteiger partial charge in [0, 0.05) is 5.69 Å². The van der Waals surface area contributed by atoms with E-state index >= 15 is 0 Å². The fourth-order valence-corrected chi connectivity index (χ4v) is 1.49. The molecule has 88 valence electrons. The maximum Gasteiger partial charge on any atom is 0.240 e. The van der Waals surface area contributed by atoms with E-state index in [2.05, 4.69) is 17.9 Å². The van der Waals surface area contributed by atoms with E-state index in [1.807, 2.05) is 0 Å². The van der Waals surface area contributed by atoms with Crippen molar-refractivity contribution in [2.75, 3.05) is 12.8 Å². The number of benzene rings is 1. The number of sulfonamides is 1. The Morgan fingerprint density at radius 2 is 1.62 bits per heavy atom. The molecule has 0 saturated heterocycles. The minimum atomic E-state index is -3.32. The van der Waals surface area contributed by atoms with Crippen molar-refractivity contribution in [1.29, 1.82) is 0 Å². The third-order valence-electron chi connectivity index (χ3n) is 1.63. The maximum absolute atomic E-state index is 11.2. The molecular formula is C11H16N2O2S. The van der Waals surface area contributed by atoms with Crippen molar-refractivity contribution in [2.24, 2.45) is 0 Å². The van der Waals surface area contributed by atoms with Crippen LogP contribution in [0.5, 0.6) is 0 Å². The van der Waals surface area contributed by atoms with E-state index in [0.29, 0.717) is 5.69 Å². The topological polar surface area (TPSA) is 72.2 Å². The fourth-order valence-electron chi connectivity index (χ4n) is 0.765. The number of nitrogens with two attached hydrogens (primary N) is 1. The highest BCUT2D eigenvalue weighted by atomic mass is 32.2. The first-order valence-corrected chi connectivity index (χ1v) is 5.98. The number of nitrogens with one attached hydrogen (secondary N) is 1. The summed E-state index contributed by atoms with van der Waals surface area (Å²) in [7, 11) is -1.95. The number of nitrogen functional groups attached to an aromatic ring is 1. The molecule has 4 nitrogen and oxygen atoms in total. The lowest BCUT2D eigenvalue weighted by molar-refractivity contribution is 0.588. The Hall–Kier alpha value is -1.59. The molecule has 0 bridgehead atoms. The van der Waals surface area contributed by atoms with Gasteiger partial charge in [0.15, 0.2) is 0 Å². The summed E-state index contributed by atoms with van der Waals surface area (Å²) in [6.07, 6.45) is 3.28. The molecule has 5 heteroatoms. The van der Waals surface area contributed by atoms with Crippen LogP contribution in [0.25, 0.3) is 0 Å². The largest absolute Gasteiger partial charge is 0.399 e. The van der Waals surface area contributed by atoms with Crippen molar-refractivity contribution in [2.45, 2.75) is 4.90 Å². The van der Waals surface area contributed by atoms with Gasteiger partial charge in [-0.15, -0.1) is 0 Å². The molecule has 1 rings (SSSR count). The van der Waals surface area contributed by atoms with Crippen molar-refractivity contribution in [3.05, 3.63) is 49.6 Å². The van der Waals surface area contributed by atoms with Gasteiger partial charge in [-0.05, 0) is 31.3 Å². The standard InChI is InChI=1S/C7H10N2O2S.C4H6/c1-9-12(10,11)7-4-2-6(8)3-5-7;1-3-4-2/h2-5,9H,8H2,1H3;3-4H,1-2H2. The molecule has 16 heavy (non-hydrogen) atoms. The molecule has 0 fully saturated rings. The third kappa shape index (κ3) is 4.77. The van der Waals surface area contributed by atoms with Crippen LogP contribution in [-0.4, -0.2) is 15.5 Å². The van der Waals surface area contributed by atoms with Gasteiger partial charge in [-0.3, -0.25) is 0 Å². The van der Waals surface area contributed by atoms with E-state index in [4.69, 9.17) is 5.73 Å². The summed E-state index contributed by atoms with van der Waals surface area (Å²) in [5, 5.41) is 0. The Bertz CT molecular complexity index is 430. The molecule has 0 heterocycles. The Kier molecular flexibility index (Phi) is 6.14. The SMILES string of the molecule is C=CC=C.CNS(=O)(=O)c1ccc(N)cc1. The average molecular weight is 240 g/mol. The van der Waals surface area contributed by atoms with E-state index in [-0.39, 0.29) is 4.90 Å². The average Bonchev–Trinajstić information content (AvgIpc) is 2.30. The zero-order valence-corrected chi connectivity index (χ0v) is 10.00. The monoisotopic (exact) mass is 240 g/mol. The van der Waals surface area contributed by atoms with Crippen LogP contribution in [0.1, 0.15) is 0 Å². The molecule has 0 spiro atoms. The predicted octanol–water partition coefficient (Wildman–Crippen LogP) is 1.54. The zero-order valence-electron chi connectivity index (χ0n) is 9.18. The second-order valence-corrected chi connectivity index (χ2v) is 4.63. The van der Waals surface area contributed by atoms with E-state index in [0.717, 1.165) is 0 Å². The van der Waals surface area contributed by atoms with Crippen molar-refractivity contribution in [3.63, 3.8) is 0 Å². The van der Waals surface area contributed by atoms with Crippen molar-refractivity contribution in [3.8, 4) is 0 Å². The molecule has 0 unspecified atom stereocenters. The van der Waals surface area contributed by atoms with Gasteiger partial charge in [-0.25, -0.2) is 13.1 Å². The first kappa shape index (κ1) is 14.4. The van der Waals surface area contributed by atoms with E-state index in [1.54, 1.807) is 24.3 Å². The number of anilines is 1. The molecule has 0 saturated carbocycles. The van der Waals surface area contributed by atoms with Crippen molar-refractivity contribution >= 4 is 15.7 Å². The minimum Gasteiger partial charge on any atom is -0.399 e. The molecule has 0 atom stereocenters. The summed E-state index contributed by atoms with van der Waals surface area (Å²) in [4.78, 5) is 0.221. The quantitative estimate of drug-likeness (QED) is 0.621. The fraction of sp³-hybridized carbons (Fsp3) is 0.0909. The summed E-state index contributed by atoms with van der Waals surface area (Å²) < 4.78 is 24.5. The van der Waals surface area contributed by atoms with Crippen LogP contribution >= 0.6 is 0 Å². The molecule has 0 radical (unpaired) electrons. The van der Waals surface area contributed by atoms with Crippen LogP contribution < -0.4 is 10.5 Å². The van der Waals surface area contributed by atoms with Gasteiger partial charge in [-0.2, -0.15) is 0 Å². The van der Waals surface area contributed by atoms with Crippen LogP contribution in [-0.2, 0) is 10.0 Å². The van der Waals surface area contributed by atoms with Gasteiger partial charge >= 0.3 is 0 Å². The van der Waals surface area contributed by atoms with Crippen molar-refractivity contribution < 1.29 is 8.42 Å². The lowest BCUT2D eigenvalue weighted by Crippen LogP contribution is -2.18. The number of hydrogen-bond donors (Lipinski definition) is 2. The second kappa shape index (κ2) is 6.81. The van der Waals surface area contributed by atoms with Gasteiger partial charge in [0.1, 0.15) is 0 Å². The van der Waals surface area contributed by atoms with Crippen molar-refractivity contribution in [1.82, 2.24) is 4.72 Å². The number of rotatable bonds is 3. The summed E-state index contributed by atoms with van der Waals surface area (Å²) in [6.45, 7) is 6.72. The van der Waals surface area contributed by atoms with Crippen LogP contribution in [0.2, 0.25) is 0 Å². The van der Waals surface area contributed by atoms with Gasteiger partial charge < -0.3 is 5.73 Å². The first-order chi connectivity index (χ1) is 7.47. The van der Waals surface area contributed by atoms with E-state index in [1.165, 1.54) is 19.2 Å². The highest BCUT2D eigenvalue weighted by Gasteiger charge is 2.09. The highest BCUT2D eigenvalue weighted by molar-refractivity contribution is 7.89. The minimum absolute atomic E-state index is 0.221. The third-order valence-corrected chi connectivity index (χ3v) is 3.06. The van der Waals surface area contributed by atoms with Gasteiger partial charge in [0.05, 0.1) is 4.90 Å². The molecule has 0 aromatic heterocycles. The number of hydrogen-bond acceptors (Lipinski definition) is 3. The van der Waals surface area contributed by atoms with Crippen LogP contribution in [0.15, 0.2) is 54.5 Å². The maximum atomic E-state index is 11.2. The molecular weight excluding hydrogens is 224 g/mol. The smallest absolute Gasteiger partial charge is 0.240 e. The Morgan fingerprint density at radius 3 is 1.94 bits per heavy atom. The highest BCUT2D eigenvalue weighted by Crippen LogP contribution is 2.10.